The van der Waals surface area contributed by atoms with E-state index < -0.39 is 0 Å². The van der Waals surface area contributed by atoms with Crippen LogP contribution in [0.5, 0.6) is 0 Å². The number of alkyl halides is 1. The van der Waals surface area contributed by atoms with Gasteiger partial charge in [-0.25, -0.2) is 0 Å². The van der Waals surface area contributed by atoms with Crippen LogP contribution in [0.15, 0.2) is 30.3 Å². The molecule has 0 heterocycles. The third kappa shape index (κ3) is 22.8. The summed E-state index contributed by atoms with van der Waals surface area (Å²) >= 11 is 5.50. The fourth-order valence-electron chi connectivity index (χ4n) is 0.921. The van der Waals surface area contributed by atoms with E-state index in [1.807, 2.05) is 18.2 Å². The molecule has 0 aliphatic heterocycles. The molecule has 0 aliphatic carbocycles. The zero-order valence-electron chi connectivity index (χ0n) is 10.1. The molecule has 0 bridgehead atoms. The molecule has 6 heteroatoms. The fourth-order valence-corrected chi connectivity index (χ4v) is 1.03. The summed E-state index contributed by atoms with van der Waals surface area (Å²) < 4.78 is 27.9. The standard InChI is InChI=1S/C10H13ClO.3CO.Cr/c11-7-4-8-12-9-10-5-2-1-3-6-10;3*1-2;/h1-3,5-6H,4,7-9H2;;;;. The fraction of sp³-hybridized carbons (Fsp3) is 0.308. The summed E-state index contributed by atoms with van der Waals surface area (Å²) in [6, 6.07) is 10.1. The predicted octanol–water partition coefficient (Wildman–Crippen LogP) is 2.72. The molecule has 0 radical (unpaired) electrons. The molecule has 0 spiro atoms. The van der Waals surface area contributed by atoms with Gasteiger partial charge in [-0.1, -0.05) is 30.3 Å². The van der Waals surface area contributed by atoms with Gasteiger partial charge >= 0.3 is 33.9 Å². The van der Waals surface area contributed by atoms with Crippen LogP contribution in [0.3, 0.4) is 0 Å². The average Bonchev–Trinajstić information content (AvgIpc) is 2.51. The second-order valence-corrected chi connectivity index (χ2v) is 2.96. The predicted molar refractivity (Wildman–Crippen MR) is 63.2 cm³/mol. The largest absolute Gasteiger partial charge is 0 e. The van der Waals surface area contributed by atoms with E-state index in [0.29, 0.717) is 12.5 Å². The molecule has 0 atom stereocenters. The Morgan fingerprint density at radius 1 is 0.947 bits per heavy atom. The summed E-state index contributed by atoms with van der Waals surface area (Å²) in [7, 11) is 0. The molecule has 19 heavy (non-hydrogen) atoms. The summed E-state index contributed by atoms with van der Waals surface area (Å²) in [5.74, 6) is 0.675. The van der Waals surface area contributed by atoms with Crippen molar-refractivity contribution in [1.82, 2.24) is 0 Å². The van der Waals surface area contributed by atoms with E-state index in [0.717, 1.165) is 13.0 Å². The first kappa shape index (κ1) is 26.7. The van der Waals surface area contributed by atoms with Gasteiger partial charge < -0.3 is 4.74 Å². The van der Waals surface area contributed by atoms with E-state index >= 15 is 0 Å². The molecule has 4 nitrogen and oxygen atoms in total. The number of benzene rings is 1. The van der Waals surface area contributed by atoms with Gasteiger partial charge in [-0.2, -0.15) is 0 Å². The summed E-state index contributed by atoms with van der Waals surface area (Å²) in [5.41, 5.74) is 1.21. The molecule has 0 unspecified atom stereocenters. The van der Waals surface area contributed by atoms with Gasteiger partial charge in [0.25, 0.3) is 0 Å². The Balaban J connectivity index is -0.000000142. The van der Waals surface area contributed by atoms with Gasteiger partial charge in [-0.15, -0.1) is 11.6 Å². The zero-order valence-corrected chi connectivity index (χ0v) is 12.2. The maximum atomic E-state index is 7.50. The Morgan fingerprint density at radius 2 is 1.42 bits per heavy atom. The number of rotatable bonds is 5. The van der Waals surface area contributed by atoms with E-state index in [2.05, 4.69) is 32.1 Å². The molecular weight excluding hydrogens is 308 g/mol. The third-order valence-electron chi connectivity index (χ3n) is 1.53. The van der Waals surface area contributed by atoms with Crippen molar-refractivity contribution in [2.24, 2.45) is 0 Å². The monoisotopic (exact) mass is 320 g/mol. The van der Waals surface area contributed by atoms with Crippen LogP contribution in [0, 0.1) is 20.0 Å². The molecule has 0 amide bonds. The first-order valence-electron chi connectivity index (χ1n) is 4.72. The van der Waals surface area contributed by atoms with E-state index in [1.165, 1.54) is 5.56 Å². The Kier molecular flexibility index (Phi) is 42.7. The van der Waals surface area contributed by atoms with Crippen molar-refractivity contribution in [3.63, 3.8) is 0 Å². The van der Waals surface area contributed by atoms with Gasteiger partial charge in [-0.05, 0) is 12.0 Å². The molecule has 102 valence electrons. The minimum atomic E-state index is 0. The minimum Gasteiger partial charge on any atom is 0 e. The molecule has 0 N–H and O–H groups in total. The van der Waals surface area contributed by atoms with Gasteiger partial charge in [0.05, 0.1) is 6.61 Å². The summed E-state index contributed by atoms with van der Waals surface area (Å²) in [5, 5.41) is 0. The van der Waals surface area contributed by atoms with Gasteiger partial charge in [0.2, 0.25) is 0 Å². The van der Waals surface area contributed by atoms with Crippen LogP contribution in [0.4, 0.5) is 0 Å². The Labute approximate surface area is 129 Å². The molecule has 0 aromatic heterocycles. The summed E-state index contributed by atoms with van der Waals surface area (Å²) in [6.07, 6.45) is 0.925. The SMILES string of the molecule is ClCCCOCc1ccccc1.[C-]#[O+].[C-]#[O+].[C-]#[O+].[Cr]. The van der Waals surface area contributed by atoms with E-state index in [9.17, 15) is 0 Å². The number of hydrogen-bond acceptors (Lipinski definition) is 1. The van der Waals surface area contributed by atoms with Crippen molar-refractivity contribution in [2.45, 2.75) is 13.0 Å². The topological polar surface area (TPSA) is 68.9 Å². The van der Waals surface area contributed by atoms with Crippen molar-refractivity contribution in [3.8, 4) is 0 Å². The first-order chi connectivity index (χ1) is 8.93. The Morgan fingerprint density at radius 3 is 1.84 bits per heavy atom. The van der Waals surface area contributed by atoms with Crippen LogP contribution < -0.4 is 0 Å². The molecule has 1 aromatic rings. The van der Waals surface area contributed by atoms with Crippen molar-refractivity contribution in [3.05, 3.63) is 55.8 Å². The quantitative estimate of drug-likeness (QED) is 0.356. The van der Waals surface area contributed by atoms with Crippen molar-refractivity contribution in [2.75, 3.05) is 12.5 Å². The Hall–Kier alpha value is -0.778. The molecule has 0 fully saturated rings. The maximum Gasteiger partial charge on any atom is 0 e. The van der Waals surface area contributed by atoms with Gasteiger partial charge in [-0.3, -0.25) is 0 Å². The van der Waals surface area contributed by atoms with Crippen LogP contribution in [0.25, 0.3) is 0 Å². The van der Waals surface area contributed by atoms with Crippen LogP contribution in [-0.4, -0.2) is 12.5 Å². The van der Waals surface area contributed by atoms with Gasteiger partial charge in [0, 0.05) is 29.8 Å². The number of halogens is 1. The molecule has 1 aromatic carbocycles. The second-order valence-electron chi connectivity index (χ2n) is 2.58. The average molecular weight is 321 g/mol. The number of ether oxygens (including phenoxy) is 1. The summed E-state index contributed by atoms with van der Waals surface area (Å²) in [6.45, 7) is 14.9. The third-order valence-corrected chi connectivity index (χ3v) is 1.80. The smallest absolute Gasteiger partial charge is 0 e. The molecule has 0 saturated heterocycles. The van der Waals surface area contributed by atoms with E-state index in [1.54, 1.807) is 0 Å². The second kappa shape index (κ2) is 30.3. The van der Waals surface area contributed by atoms with Gasteiger partial charge in [0.1, 0.15) is 0 Å². The number of hydrogen-bond donors (Lipinski definition) is 0. The van der Waals surface area contributed by atoms with Crippen molar-refractivity contribution in [1.29, 1.82) is 0 Å². The molecule has 0 aliphatic rings. The zero-order chi connectivity index (χ0) is 14.6. The van der Waals surface area contributed by atoms with E-state index in [4.69, 9.17) is 30.3 Å². The van der Waals surface area contributed by atoms with Crippen LogP contribution in [0.1, 0.15) is 12.0 Å². The van der Waals surface area contributed by atoms with Crippen molar-refractivity contribution < 1.29 is 36.1 Å². The summed E-state index contributed by atoms with van der Waals surface area (Å²) in [4.78, 5) is 0. The first-order valence-corrected chi connectivity index (χ1v) is 5.26. The van der Waals surface area contributed by atoms with Crippen LogP contribution in [0.2, 0.25) is 0 Å². The van der Waals surface area contributed by atoms with Crippen LogP contribution in [-0.2, 0) is 42.7 Å². The molecule has 0 saturated carbocycles. The maximum absolute atomic E-state index is 7.50. The van der Waals surface area contributed by atoms with Crippen molar-refractivity contribution >= 4 is 11.6 Å². The Bertz CT molecular complexity index is 297. The van der Waals surface area contributed by atoms with Crippen LogP contribution >= 0.6 is 11.6 Å². The van der Waals surface area contributed by atoms with E-state index in [-0.39, 0.29) is 17.4 Å². The molecule has 1 rings (SSSR count). The minimum absolute atomic E-state index is 0. The van der Waals surface area contributed by atoms with Gasteiger partial charge in [0.15, 0.2) is 0 Å². The molecular formula is C13H13ClCrO4. The normalized spacial score (nSPS) is 6.68.